The largest absolute Gasteiger partial charge is 0.371 e. The monoisotopic (exact) mass is 338 g/mol. The molecule has 0 radical (unpaired) electrons. The number of nitrogens with zero attached hydrogens (tertiary/aromatic N) is 2. The predicted octanol–water partition coefficient (Wildman–Crippen LogP) is 0.694. The highest BCUT2D eigenvalue weighted by atomic mass is 32.2. The van der Waals surface area contributed by atoms with Crippen molar-refractivity contribution in [3.05, 3.63) is 35.9 Å². The van der Waals surface area contributed by atoms with Crippen molar-refractivity contribution < 1.29 is 17.9 Å². The highest BCUT2D eigenvalue weighted by Gasteiger charge is 2.47. The number of carbonyl (C=O) groups is 1. The van der Waals surface area contributed by atoms with Crippen LogP contribution in [0.4, 0.5) is 0 Å². The van der Waals surface area contributed by atoms with E-state index in [1.165, 1.54) is 4.31 Å². The van der Waals surface area contributed by atoms with Crippen LogP contribution in [0.3, 0.4) is 0 Å². The number of hydrogen-bond donors (Lipinski definition) is 0. The summed E-state index contributed by atoms with van der Waals surface area (Å²) in [4.78, 5) is 13.8. The maximum atomic E-state index is 12.7. The number of benzene rings is 1. The minimum Gasteiger partial charge on any atom is -0.371 e. The Morgan fingerprint density at radius 3 is 2.61 bits per heavy atom. The van der Waals surface area contributed by atoms with Gasteiger partial charge in [0.25, 0.3) is 0 Å². The molecule has 1 aromatic rings. The van der Waals surface area contributed by atoms with Gasteiger partial charge in [0.05, 0.1) is 23.9 Å². The number of ether oxygens (including phenoxy) is 1. The molecule has 0 aliphatic carbocycles. The van der Waals surface area contributed by atoms with Gasteiger partial charge in [-0.3, -0.25) is 4.79 Å². The topological polar surface area (TPSA) is 66.9 Å². The maximum Gasteiger partial charge on any atom is 0.227 e. The standard InChI is InChI=1S/C16H22N2O4S/c1-17(2)16(19)14-8-13-9-18(10-15(14)22-13)23(20,21)11-12-6-4-3-5-7-12/h3-7,13-15H,8-11H2,1-2H3/t13-,14+,15-/m1/s1. The molecule has 7 heteroatoms. The van der Waals surface area contributed by atoms with Gasteiger partial charge >= 0.3 is 0 Å². The molecule has 3 atom stereocenters. The third-order valence-corrected chi connectivity index (χ3v) is 6.25. The van der Waals surface area contributed by atoms with Gasteiger partial charge in [-0.05, 0) is 12.0 Å². The average Bonchev–Trinajstić information content (AvgIpc) is 2.81. The molecule has 6 nitrogen and oxygen atoms in total. The van der Waals surface area contributed by atoms with Gasteiger partial charge in [-0.1, -0.05) is 30.3 Å². The van der Waals surface area contributed by atoms with Crippen molar-refractivity contribution in [3.8, 4) is 0 Å². The van der Waals surface area contributed by atoms with Gasteiger partial charge in [-0.15, -0.1) is 0 Å². The van der Waals surface area contributed by atoms with Crippen LogP contribution in [-0.2, 0) is 25.3 Å². The Balaban J connectivity index is 1.72. The first-order valence-electron chi connectivity index (χ1n) is 7.75. The van der Waals surface area contributed by atoms with Crippen molar-refractivity contribution >= 4 is 15.9 Å². The zero-order chi connectivity index (χ0) is 16.6. The van der Waals surface area contributed by atoms with Gasteiger partial charge in [-0.25, -0.2) is 8.42 Å². The molecule has 2 heterocycles. The fraction of sp³-hybridized carbons (Fsp3) is 0.562. The Morgan fingerprint density at radius 2 is 1.96 bits per heavy atom. The van der Waals surface area contributed by atoms with Crippen molar-refractivity contribution in [2.24, 2.45) is 5.92 Å². The molecule has 0 unspecified atom stereocenters. The number of rotatable bonds is 4. The van der Waals surface area contributed by atoms with Crippen LogP contribution >= 0.6 is 0 Å². The molecule has 2 bridgehead atoms. The first-order chi connectivity index (χ1) is 10.9. The minimum absolute atomic E-state index is 0.0137. The fourth-order valence-corrected chi connectivity index (χ4v) is 4.88. The van der Waals surface area contributed by atoms with Crippen LogP contribution in [0.1, 0.15) is 12.0 Å². The number of amides is 1. The van der Waals surface area contributed by atoms with E-state index < -0.39 is 10.0 Å². The van der Waals surface area contributed by atoms with Crippen LogP contribution in [0.25, 0.3) is 0 Å². The lowest BCUT2D eigenvalue weighted by atomic mass is 9.99. The summed E-state index contributed by atoms with van der Waals surface area (Å²) in [6.07, 6.45) is 0.0707. The molecule has 2 aliphatic rings. The normalized spacial score (nSPS) is 27.8. The molecule has 2 aliphatic heterocycles. The van der Waals surface area contributed by atoms with Crippen LogP contribution in [0.5, 0.6) is 0 Å². The molecule has 126 valence electrons. The molecule has 0 N–H and O–H groups in total. The van der Waals surface area contributed by atoms with Crippen molar-refractivity contribution in [2.75, 3.05) is 27.2 Å². The summed E-state index contributed by atoms with van der Waals surface area (Å²) in [6, 6.07) is 9.15. The number of sulfonamides is 1. The zero-order valence-electron chi connectivity index (χ0n) is 13.4. The number of carbonyl (C=O) groups excluding carboxylic acids is 1. The lowest BCUT2D eigenvalue weighted by Gasteiger charge is -2.32. The number of hydrogen-bond acceptors (Lipinski definition) is 4. The summed E-state index contributed by atoms with van der Waals surface area (Å²) < 4.78 is 32.6. The third kappa shape index (κ3) is 3.41. The van der Waals surface area contributed by atoms with Crippen LogP contribution in [-0.4, -0.2) is 62.9 Å². The lowest BCUT2D eigenvalue weighted by molar-refractivity contribution is -0.135. The molecule has 0 spiro atoms. The van der Waals surface area contributed by atoms with Gasteiger partial charge in [0.1, 0.15) is 0 Å². The van der Waals surface area contributed by atoms with Gasteiger partial charge < -0.3 is 9.64 Å². The number of fused-ring (bicyclic) bond motifs is 2. The van der Waals surface area contributed by atoms with E-state index in [1.54, 1.807) is 19.0 Å². The van der Waals surface area contributed by atoms with E-state index in [9.17, 15) is 13.2 Å². The molecule has 23 heavy (non-hydrogen) atoms. The Hall–Kier alpha value is -1.44. The first-order valence-corrected chi connectivity index (χ1v) is 9.36. The quantitative estimate of drug-likeness (QED) is 0.810. The average molecular weight is 338 g/mol. The van der Waals surface area contributed by atoms with Crippen LogP contribution < -0.4 is 0 Å². The van der Waals surface area contributed by atoms with Crippen molar-refractivity contribution in [2.45, 2.75) is 24.4 Å². The molecule has 2 fully saturated rings. The minimum atomic E-state index is -3.40. The van der Waals surface area contributed by atoms with Gasteiger partial charge in [0.15, 0.2) is 0 Å². The fourth-order valence-electron chi connectivity index (χ4n) is 3.32. The molecule has 1 aromatic carbocycles. The van der Waals surface area contributed by atoms with Crippen molar-refractivity contribution in [3.63, 3.8) is 0 Å². The summed E-state index contributed by atoms with van der Waals surface area (Å²) in [5.41, 5.74) is 0.771. The lowest BCUT2D eigenvalue weighted by Crippen LogP contribution is -2.48. The van der Waals surface area contributed by atoms with E-state index in [0.717, 1.165) is 5.56 Å². The predicted molar refractivity (Wildman–Crippen MR) is 86.1 cm³/mol. The molecular formula is C16H22N2O4S. The molecule has 2 saturated heterocycles. The summed E-state index contributed by atoms with van der Waals surface area (Å²) in [6.45, 7) is 0.596. The second kappa shape index (κ2) is 6.22. The van der Waals surface area contributed by atoms with E-state index in [-0.39, 0.29) is 36.3 Å². The van der Waals surface area contributed by atoms with E-state index in [4.69, 9.17) is 4.74 Å². The summed E-state index contributed by atoms with van der Waals surface area (Å²) in [5.74, 6) is -0.244. The van der Waals surface area contributed by atoms with Gasteiger partial charge in [0.2, 0.25) is 15.9 Å². The highest BCUT2D eigenvalue weighted by Crippen LogP contribution is 2.34. The van der Waals surface area contributed by atoms with Gasteiger partial charge in [0, 0.05) is 27.2 Å². The molecule has 1 amide bonds. The van der Waals surface area contributed by atoms with Gasteiger partial charge in [-0.2, -0.15) is 4.31 Å². The molecule has 0 saturated carbocycles. The highest BCUT2D eigenvalue weighted by molar-refractivity contribution is 7.88. The molecular weight excluding hydrogens is 316 g/mol. The summed E-state index contributed by atoms with van der Waals surface area (Å²) in [5, 5.41) is 0. The second-order valence-corrected chi connectivity index (χ2v) is 8.40. The summed E-state index contributed by atoms with van der Waals surface area (Å²) in [7, 11) is 0.0304. The van der Waals surface area contributed by atoms with E-state index >= 15 is 0 Å². The SMILES string of the molecule is CN(C)C(=O)[C@H]1C[C@@H]2CN(S(=O)(=O)Cc3ccccc3)C[C@H]1O2. The second-order valence-electron chi connectivity index (χ2n) is 6.43. The van der Waals surface area contributed by atoms with E-state index in [1.807, 2.05) is 30.3 Å². The van der Waals surface area contributed by atoms with Crippen molar-refractivity contribution in [1.82, 2.24) is 9.21 Å². The van der Waals surface area contributed by atoms with Crippen LogP contribution in [0.15, 0.2) is 30.3 Å². The van der Waals surface area contributed by atoms with Crippen LogP contribution in [0.2, 0.25) is 0 Å². The Kier molecular flexibility index (Phi) is 4.44. The first kappa shape index (κ1) is 16.4. The molecule has 3 rings (SSSR count). The Morgan fingerprint density at radius 1 is 1.26 bits per heavy atom. The van der Waals surface area contributed by atoms with E-state index in [2.05, 4.69) is 0 Å². The third-order valence-electron chi connectivity index (χ3n) is 4.47. The number of morpholine rings is 1. The maximum absolute atomic E-state index is 12.7. The molecule has 0 aromatic heterocycles. The van der Waals surface area contributed by atoms with Crippen molar-refractivity contribution in [1.29, 1.82) is 0 Å². The van der Waals surface area contributed by atoms with E-state index in [0.29, 0.717) is 13.0 Å². The smallest absolute Gasteiger partial charge is 0.227 e. The Bertz CT molecular complexity index is 675. The van der Waals surface area contributed by atoms with Crippen LogP contribution in [0, 0.1) is 5.92 Å². The Labute approximate surface area is 137 Å². The zero-order valence-corrected chi connectivity index (χ0v) is 14.2. The summed E-state index contributed by atoms with van der Waals surface area (Å²) >= 11 is 0.